The molecule has 0 bridgehead atoms. The molecule has 0 aliphatic rings. The van der Waals surface area contributed by atoms with Gasteiger partial charge in [-0.05, 0) is 55.3 Å². The first kappa shape index (κ1) is 22.7. The summed E-state index contributed by atoms with van der Waals surface area (Å²) in [4.78, 5) is 21.8. The second-order valence-corrected chi connectivity index (χ2v) is 6.24. The number of carbonyl (C=O) groups excluding carboxylic acids is 1. The summed E-state index contributed by atoms with van der Waals surface area (Å²) >= 11 is 6.31. The van der Waals surface area contributed by atoms with Crippen LogP contribution in [-0.4, -0.2) is 30.7 Å². The van der Waals surface area contributed by atoms with Crippen molar-refractivity contribution in [1.29, 1.82) is 5.26 Å². The minimum Gasteiger partial charge on any atom is -0.490 e. The number of benzene rings is 2. The number of halogens is 1. The van der Waals surface area contributed by atoms with Crippen LogP contribution in [0.1, 0.15) is 25.0 Å². The molecule has 0 aromatic heterocycles. The average molecular weight is 431 g/mol. The van der Waals surface area contributed by atoms with Gasteiger partial charge in [-0.25, -0.2) is 4.79 Å². The first-order chi connectivity index (χ1) is 14.4. The van der Waals surface area contributed by atoms with Gasteiger partial charge < -0.3 is 14.2 Å². The Kier molecular flexibility index (Phi) is 8.20. The van der Waals surface area contributed by atoms with E-state index in [9.17, 15) is 20.2 Å². The summed E-state index contributed by atoms with van der Waals surface area (Å²) in [6.07, 6.45) is 1.57. The highest BCUT2D eigenvalue weighted by Gasteiger charge is 2.15. The number of rotatable bonds is 9. The number of non-ortho nitro benzene ring substituents is 1. The first-order valence-corrected chi connectivity index (χ1v) is 9.38. The maximum absolute atomic E-state index is 11.6. The molecule has 0 atom stereocenters. The minimum absolute atomic E-state index is 0.0687. The number of nitro groups is 1. The maximum Gasteiger partial charge on any atom is 0.344 e. The zero-order valence-electron chi connectivity index (χ0n) is 16.4. The van der Waals surface area contributed by atoms with Crippen molar-refractivity contribution in [3.05, 3.63) is 62.7 Å². The predicted octanol–water partition coefficient (Wildman–Crippen LogP) is 4.65. The van der Waals surface area contributed by atoms with Crippen LogP contribution >= 0.6 is 11.6 Å². The van der Waals surface area contributed by atoms with E-state index in [1.807, 2.05) is 0 Å². The maximum atomic E-state index is 11.6. The Morgan fingerprint density at radius 3 is 2.47 bits per heavy atom. The average Bonchev–Trinajstić information content (AvgIpc) is 2.72. The molecule has 0 radical (unpaired) electrons. The molecule has 8 nitrogen and oxygen atoms in total. The first-order valence-electron chi connectivity index (χ1n) is 9.01. The van der Waals surface area contributed by atoms with Gasteiger partial charge >= 0.3 is 5.97 Å². The Balaban J connectivity index is 2.36. The van der Waals surface area contributed by atoms with Crippen LogP contribution in [0.25, 0.3) is 11.6 Å². The Hall–Kier alpha value is -3.57. The molecule has 0 saturated heterocycles. The molecule has 2 aromatic carbocycles. The number of esters is 1. The van der Waals surface area contributed by atoms with Crippen molar-refractivity contribution in [2.45, 2.75) is 13.8 Å². The number of hydrogen-bond donors (Lipinski definition) is 0. The molecule has 0 unspecified atom stereocenters. The number of allylic oxidation sites excluding steroid dienone is 1. The Morgan fingerprint density at radius 1 is 1.20 bits per heavy atom. The van der Waals surface area contributed by atoms with Crippen molar-refractivity contribution in [3.8, 4) is 17.6 Å². The van der Waals surface area contributed by atoms with Crippen molar-refractivity contribution < 1.29 is 23.9 Å². The topological polar surface area (TPSA) is 112 Å². The zero-order valence-corrected chi connectivity index (χ0v) is 17.1. The lowest BCUT2D eigenvalue weighted by molar-refractivity contribution is -0.384. The van der Waals surface area contributed by atoms with Crippen molar-refractivity contribution in [2.75, 3.05) is 19.8 Å². The molecule has 2 aromatic rings. The van der Waals surface area contributed by atoms with Gasteiger partial charge in [0.1, 0.15) is 0 Å². The number of nitrogens with zero attached hydrogens (tertiary/aromatic N) is 2. The summed E-state index contributed by atoms with van der Waals surface area (Å²) in [6, 6.07) is 10.9. The van der Waals surface area contributed by atoms with E-state index >= 15 is 0 Å². The highest BCUT2D eigenvalue weighted by atomic mass is 35.5. The third kappa shape index (κ3) is 5.96. The lowest BCUT2D eigenvalue weighted by Gasteiger charge is -2.14. The number of hydrogen-bond acceptors (Lipinski definition) is 7. The molecule has 9 heteroatoms. The SMILES string of the molecule is CCOC(=O)COc1c(Cl)cc(/C=C(/C#N)c2ccc([N+](=O)[O-])cc2)cc1OCC. The van der Waals surface area contributed by atoms with E-state index in [1.165, 1.54) is 24.3 Å². The van der Waals surface area contributed by atoms with Gasteiger partial charge in [0, 0.05) is 12.1 Å². The van der Waals surface area contributed by atoms with E-state index in [4.69, 9.17) is 25.8 Å². The van der Waals surface area contributed by atoms with Crippen LogP contribution in [0.15, 0.2) is 36.4 Å². The summed E-state index contributed by atoms with van der Waals surface area (Å²) in [5.74, 6) is -0.0379. The predicted molar refractivity (Wildman–Crippen MR) is 111 cm³/mol. The van der Waals surface area contributed by atoms with E-state index in [-0.39, 0.29) is 35.2 Å². The number of ether oxygens (including phenoxy) is 3. The van der Waals surface area contributed by atoms with E-state index in [0.717, 1.165) is 0 Å². The van der Waals surface area contributed by atoms with Crippen LogP contribution in [0.3, 0.4) is 0 Å². The molecule has 0 saturated carbocycles. The van der Waals surface area contributed by atoms with Crippen molar-refractivity contribution in [1.82, 2.24) is 0 Å². The summed E-state index contributed by atoms with van der Waals surface area (Å²) in [5.41, 5.74) is 1.28. The molecule has 0 amide bonds. The lowest BCUT2D eigenvalue weighted by Crippen LogP contribution is -2.15. The second-order valence-electron chi connectivity index (χ2n) is 5.83. The van der Waals surface area contributed by atoms with Crippen LogP contribution in [0, 0.1) is 21.4 Å². The van der Waals surface area contributed by atoms with E-state index < -0.39 is 10.9 Å². The molecule has 0 aliphatic carbocycles. The summed E-state index contributed by atoms with van der Waals surface area (Å²) in [5, 5.41) is 20.5. The molecular weight excluding hydrogens is 412 g/mol. The van der Waals surface area contributed by atoms with Gasteiger partial charge in [0.25, 0.3) is 5.69 Å². The number of carbonyl (C=O) groups is 1. The number of nitro benzene ring substituents is 1. The second kappa shape index (κ2) is 10.8. The Labute approximate surface area is 178 Å². The molecule has 0 aliphatic heterocycles. The van der Waals surface area contributed by atoms with Crippen LogP contribution < -0.4 is 9.47 Å². The fourth-order valence-corrected chi connectivity index (χ4v) is 2.79. The van der Waals surface area contributed by atoms with Crippen LogP contribution in [0.4, 0.5) is 5.69 Å². The largest absolute Gasteiger partial charge is 0.490 e. The van der Waals surface area contributed by atoms with Gasteiger partial charge in [-0.15, -0.1) is 0 Å². The fraction of sp³-hybridized carbons (Fsp3) is 0.238. The fourth-order valence-electron chi connectivity index (χ4n) is 2.52. The third-order valence-corrected chi connectivity index (χ3v) is 4.07. The summed E-state index contributed by atoms with van der Waals surface area (Å²) in [7, 11) is 0. The van der Waals surface area contributed by atoms with Crippen molar-refractivity contribution >= 4 is 34.9 Å². The summed E-state index contributed by atoms with van der Waals surface area (Å²) in [6.45, 7) is 3.71. The molecule has 0 heterocycles. The summed E-state index contributed by atoms with van der Waals surface area (Å²) < 4.78 is 15.9. The van der Waals surface area contributed by atoms with E-state index in [2.05, 4.69) is 6.07 Å². The molecule has 0 spiro atoms. The third-order valence-electron chi connectivity index (χ3n) is 3.79. The van der Waals surface area contributed by atoms with Gasteiger partial charge in [-0.2, -0.15) is 5.26 Å². The van der Waals surface area contributed by atoms with Crippen molar-refractivity contribution in [2.24, 2.45) is 0 Å². The lowest BCUT2D eigenvalue weighted by atomic mass is 10.0. The highest BCUT2D eigenvalue weighted by molar-refractivity contribution is 6.32. The number of nitriles is 1. The van der Waals surface area contributed by atoms with Crippen molar-refractivity contribution in [3.63, 3.8) is 0 Å². The Morgan fingerprint density at radius 2 is 1.90 bits per heavy atom. The van der Waals surface area contributed by atoms with E-state index in [0.29, 0.717) is 23.5 Å². The van der Waals surface area contributed by atoms with E-state index in [1.54, 1.807) is 32.1 Å². The molecule has 0 N–H and O–H groups in total. The normalized spacial score (nSPS) is 10.8. The quantitative estimate of drug-likeness (QED) is 0.187. The van der Waals surface area contributed by atoms with Gasteiger partial charge in [0.15, 0.2) is 18.1 Å². The molecule has 156 valence electrons. The zero-order chi connectivity index (χ0) is 22.1. The minimum atomic E-state index is -0.537. The van der Waals surface area contributed by atoms with Gasteiger partial charge in [-0.3, -0.25) is 10.1 Å². The van der Waals surface area contributed by atoms with Crippen LogP contribution in [0.5, 0.6) is 11.5 Å². The van der Waals surface area contributed by atoms with Gasteiger partial charge in [0.05, 0.1) is 34.8 Å². The molecule has 30 heavy (non-hydrogen) atoms. The monoisotopic (exact) mass is 430 g/mol. The Bertz CT molecular complexity index is 996. The van der Waals surface area contributed by atoms with Gasteiger partial charge in [-0.1, -0.05) is 11.6 Å². The highest BCUT2D eigenvalue weighted by Crippen LogP contribution is 2.37. The standard InChI is InChI=1S/C21H19ClN2O6/c1-3-28-19-11-14(10-18(22)21(19)30-13-20(25)29-4-2)9-16(12-23)15-5-7-17(8-6-15)24(26)27/h5-11H,3-4,13H2,1-2H3/b16-9-. The smallest absolute Gasteiger partial charge is 0.344 e. The van der Waals surface area contributed by atoms with Crippen LogP contribution in [0.2, 0.25) is 5.02 Å². The van der Waals surface area contributed by atoms with Crippen LogP contribution in [-0.2, 0) is 9.53 Å². The molecular formula is C21H19ClN2O6. The molecule has 0 fully saturated rings. The van der Waals surface area contributed by atoms with Gasteiger partial charge in [0.2, 0.25) is 0 Å². The molecule has 2 rings (SSSR count).